The van der Waals surface area contributed by atoms with Crippen molar-refractivity contribution in [2.45, 2.75) is 65.4 Å². The van der Waals surface area contributed by atoms with Gasteiger partial charge < -0.3 is 10.1 Å². The van der Waals surface area contributed by atoms with Crippen molar-refractivity contribution in [2.24, 2.45) is 17.8 Å². The van der Waals surface area contributed by atoms with Crippen molar-refractivity contribution in [1.29, 1.82) is 0 Å². The zero-order valence-electron chi connectivity index (χ0n) is 13.1. The second-order valence-electron chi connectivity index (χ2n) is 7.01. The molecule has 0 radical (unpaired) electrons. The van der Waals surface area contributed by atoms with E-state index in [1.54, 1.807) is 0 Å². The van der Waals surface area contributed by atoms with Gasteiger partial charge in [-0.05, 0) is 64.0 Å². The molecule has 0 amide bonds. The van der Waals surface area contributed by atoms with E-state index in [0.29, 0.717) is 0 Å². The average molecular weight is 255 g/mol. The number of hydrogen-bond donors (Lipinski definition) is 1. The first-order chi connectivity index (χ1) is 8.44. The predicted molar refractivity (Wildman–Crippen MR) is 78.9 cm³/mol. The molecule has 2 atom stereocenters. The molecule has 2 heteroatoms. The number of hydrogen-bond acceptors (Lipinski definition) is 2. The molecule has 1 N–H and O–H groups in total. The fraction of sp³-hybridized carbons (Fsp3) is 1.00. The third kappa shape index (κ3) is 5.71. The summed E-state index contributed by atoms with van der Waals surface area (Å²) in [6, 6.07) is 0. The van der Waals surface area contributed by atoms with Crippen LogP contribution in [0.5, 0.6) is 0 Å². The van der Waals surface area contributed by atoms with Crippen molar-refractivity contribution in [3.05, 3.63) is 0 Å². The lowest BCUT2D eigenvalue weighted by Crippen LogP contribution is -2.29. The van der Waals surface area contributed by atoms with Crippen LogP contribution < -0.4 is 5.32 Å². The van der Waals surface area contributed by atoms with Crippen LogP contribution in [-0.4, -0.2) is 25.8 Å². The van der Waals surface area contributed by atoms with Crippen molar-refractivity contribution in [3.8, 4) is 0 Å². The third-order valence-corrected chi connectivity index (χ3v) is 4.45. The Balaban J connectivity index is 2.27. The van der Waals surface area contributed by atoms with Crippen molar-refractivity contribution < 1.29 is 4.74 Å². The molecule has 2 unspecified atom stereocenters. The number of methoxy groups -OCH3 is 1. The van der Waals surface area contributed by atoms with Crippen LogP contribution in [-0.2, 0) is 4.74 Å². The van der Waals surface area contributed by atoms with Crippen LogP contribution in [0.4, 0.5) is 0 Å². The van der Waals surface area contributed by atoms with Gasteiger partial charge in [-0.25, -0.2) is 0 Å². The fourth-order valence-electron chi connectivity index (χ4n) is 2.95. The van der Waals surface area contributed by atoms with Gasteiger partial charge in [0.25, 0.3) is 0 Å². The number of rotatable bonds is 8. The Hall–Kier alpha value is -0.0800. The summed E-state index contributed by atoms with van der Waals surface area (Å²) in [6.07, 6.45) is 6.78. The first-order valence-corrected chi connectivity index (χ1v) is 7.70. The highest BCUT2D eigenvalue weighted by atomic mass is 16.5. The van der Waals surface area contributed by atoms with Crippen LogP contribution in [0.3, 0.4) is 0 Å². The summed E-state index contributed by atoms with van der Waals surface area (Å²) in [7, 11) is 1.83. The molecule has 0 aromatic heterocycles. The molecule has 0 saturated heterocycles. The lowest BCUT2D eigenvalue weighted by atomic mass is 9.87. The van der Waals surface area contributed by atoms with Gasteiger partial charge >= 0.3 is 0 Å². The molecular weight excluding hydrogens is 222 g/mol. The topological polar surface area (TPSA) is 21.3 Å². The van der Waals surface area contributed by atoms with E-state index in [1.165, 1.54) is 38.6 Å². The van der Waals surface area contributed by atoms with Gasteiger partial charge in [0, 0.05) is 7.11 Å². The quantitative estimate of drug-likeness (QED) is 0.711. The highest BCUT2D eigenvalue weighted by molar-refractivity contribution is 4.81. The minimum Gasteiger partial charge on any atom is -0.379 e. The second-order valence-corrected chi connectivity index (χ2v) is 7.01. The fourth-order valence-corrected chi connectivity index (χ4v) is 2.95. The minimum atomic E-state index is 0.0541. The molecule has 0 aliphatic heterocycles. The highest BCUT2D eigenvalue weighted by Gasteiger charge is 2.28. The van der Waals surface area contributed by atoms with Crippen LogP contribution in [0.2, 0.25) is 0 Å². The number of nitrogens with one attached hydrogen (secondary N) is 1. The van der Waals surface area contributed by atoms with E-state index in [9.17, 15) is 0 Å². The molecule has 1 aliphatic rings. The van der Waals surface area contributed by atoms with Gasteiger partial charge in [-0.2, -0.15) is 0 Å². The van der Waals surface area contributed by atoms with E-state index in [4.69, 9.17) is 4.74 Å². The van der Waals surface area contributed by atoms with Gasteiger partial charge in [0.15, 0.2) is 0 Å². The molecule has 0 spiro atoms. The summed E-state index contributed by atoms with van der Waals surface area (Å²) in [6.45, 7) is 11.3. The summed E-state index contributed by atoms with van der Waals surface area (Å²) in [5.41, 5.74) is 0.0541. The molecule has 0 aromatic carbocycles. The van der Waals surface area contributed by atoms with Crippen molar-refractivity contribution in [3.63, 3.8) is 0 Å². The SMILES string of the molecule is COC(C)(C)CCC1CCCC1CNCC(C)C. The Labute approximate surface area is 114 Å². The second kappa shape index (κ2) is 7.49. The van der Waals surface area contributed by atoms with E-state index < -0.39 is 0 Å². The molecule has 0 bridgehead atoms. The maximum absolute atomic E-state index is 5.53. The van der Waals surface area contributed by atoms with Crippen molar-refractivity contribution in [2.75, 3.05) is 20.2 Å². The van der Waals surface area contributed by atoms with Crippen LogP contribution in [0, 0.1) is 17.8 Å². The lowest BCUT2D eigenvalue weighted by molar-refractivity contribution is 0.00906. The van der Waals surface area contributed by atoms with Crippen molar-refractivity contribution >= 4 is 0 Å². The minimum absolute atomic E-state index is 0.0541. The maximum Gasteiger partial charge on any atom is 0.0622 e. The van der Waals surface area contributed by atoms with Gasteiger partial charge in [0.1, 0.15) is 0 Å². The summed E-state index contributed by atoms with van der Waals surface area (Å²) >= 11 is 0. The Kier molecular flexibility index (Phi) is 6.65. The standard InChI is InChI=1S/C16H33NO/c1-13(2)11-17-12-15-8-6-7-14(15)9-10-16(3,4)18-5/h13-15,17H,6-12H2,1-5H3. The summed E-state index contributed by atoms with van der Waals surface area (Å²) in [5.74, 6) is 2.58. The first-order valence-electron chi connectivity index (χ1n) is 7.70. The normalized spacial score (nSPS) is 25.0. The Morgan fingerprint density at radius 1 is 1.22 bits per heavy atom. The Morgan fingerprint density at radius 3 is 2.50 bits per heavy atom. The van der Waals surface area contributed by atoms with E-state index in [1.807, 2.05) is 7.11 Å². The van der Waals surface area contributed by atoms with Gasteiger partial charge in [-0.1, -0.05) is 26.7 Å². The van der Waals surface area contributed by atoms with Gasteiger partial charge in [0.05, 0.1) is 5.60 Å². The monoisotopic (exact) mass is 255 g/mol. The van der Waals surface area contributed by atoms with Crippen LogP contribution in [0.15, 0.2) is 0 Å². The molecule has 1 saturated carbocycles. The Morgan fingerprint density at radius 2 is 1.89 bits per heavy atom. The molecular formula is C16H33NO. The number of ether oxygens (including phenoxy) is 1. The van der Waals surface area contributed by atoms with E-state index in [2.05, 4.69) is 33.0 Å². The maximum atomic E-state index is 5.53. The van der Waals surface area contributed by atoms with Crippen molar-refractivity contribution in [1.82, 2.24) is 5.32 Å². The predicted octanol–water partition coefficient (Wildman–Crippen LogP) is 3.85. The van der Waals surface area contributed by atoms with Crippen LogP contribution in [0.25, 0.3) is 0 Å². The zero-order chi connectivity index (χ0) is 13.6. The summed E-state index contributed by atoms with van der Waals surface area (Å²) < 4.78 is 5.53. The van der Waals surface area contributed by atoms with E-state index in [0.717, 1.165) is 24.3 Å². The molecule has 1 fully saturated rings. The summed E-state index contributed by atoms with van der Waals surface area (Å²) in [5, 5.41) is 3.64. The van der Waals surface area contributed by atoms with Crippen LogP contribution in [0.1, 0.15) is 59.8 Å². The molecule has 0 aromatic rings. The molecule has 1 aliphatic carbocycles. The van der Waals surface area contributed by atoms with E-state index in [-0.39, 0.29) is 5.60 Å². The third-order valence-electron chi connectivity index (χ3n) is 4.45. The smallest absolute Gasteiger partial charge is 0.0622 e. The largest absolute Gasteiger partial charge is 0.379 e. The van der Waals surface area contributed by atoms with Gasteiger partial charge in [-0.15, -0.1) is 0 Å². The first kappa shape index (κ1) is 16.0. The molecule has 108 valence electrons. The summed E-state index contributed by atoms with van der Waals surface area (Å²) in [4.78, 5) is 0. The van der Waals surface area contributed by atoms with Gasteiger partial charge in [0.2, 0.25) is 0 Å². The molecule has 18 heavy (non-hydrogen) atoms. The zero-order valence-corrected chi connectivity index (χ0v) is 13.1. The van der Waals surface area contributed by atoms with Crippen LogP contribution >= 0.6 is 0 Å². The van der Waals surface area contributed by atoms with Gasteiger partial charge in [-0.3, -0.25) is 0 Å². The molecule has 1 rings (SSSR count). The lowest BCUT2D eigenvalue weighted by Gasteiger charge is -2.27. The molecule has 0 heterocycles. The Bertz CT molecular complexity index is 225. The average Bonchev–Trinajstić information content (AvgIpc) is 2.74. The van der Waals surface area contributed by atoms with E-state index >= 15 is 0 Å². The highest BCUT2D eigenvalue weighted by Crippen LogP contribution is 2.36. The molecule has 2 nitrogen and oxygen atoms in total.